The van der Waals surface area contributed by atoms with Gasteiger partial charge in [0.2, 0.25) is 0 Å². The molecule has 1 fully saturated rings. The topological polar surface area (TPSA) is 105 Å². The number of hydrogen-bond donors (Lipinski definition) is 1. The molecule has 0 radical (unpaired) electrons. The molecular formula is C29H26N4O4S2. The summed E-state index contributed by atoms with van der Waals surface area (Å²) in [5.74, 6) is -0.315. The Morgan fingerprint density at radius 1 is 1.08 bits per heavy atom. The van der Waals surface area contributed by atoms with E-state index in [0.717, 1.165) is 22.2 Å². The zero-order chi connectivity index (χ0) is 27.5. The second kappa shape index (κ2) is 9.11. The van der Waals surface area contributed by atoms with Gasteiger partial charge in [-0.3, -0.25) is 9.78 Å². The summed E-state index contributed by atoms with van der Waals surface area (Å²) in [5.41, 5.74) is 3.31. The second-order valence-electron chi connectivity index (χ2n) is 9.96. The molecule has 0 spiro atoms. The SMILES string of the molecule is Cc1ccc(S(=O)(=O)n2cc(-c3nc(-c4cccc([C@]5(O)CCN(C)C5=O)c4)cs3)c3cc(C)ncc32)cc1. The monoisotopic (exact) mass is 558 g/mol. The number of rotatable bonds is 5. The molecule has 0 aliphatic carbocycles. The standard InChI is InChI=1S/C29H26N4O4S2/c1-18-7-9-22(10-8-18)39(36,37)33-16-24(23-13-19(2)30-15-26(23)33)27-31-25(17-38-27)20-5-4-6-21(14-20)29(35)11-12-32(3)28(29)34/h4-10,13-17,35H,11-12H2,1-3H3/t29-/m1/s1. The summed E-state index contributed by atoms with van der Waals surface area (Å²) in [5, 5.41) is 14.4. The van der Waals surface area contributed by atoms with Gasteiger partial charge >= 0.3 is 0 Å². The van der Waals surface area contributed by atoms with Crippen molar-refractivity contribution in [3.8, 4) is 21.8 Å². The minimum absolute atomic E-state index is 0.193. The average molecular weight is 559 g/mol. The zero-order valence-corrected chi connectivity index (χ0v) is 23.3. The van der Waals surface area contributed by atoms with Crippen LogP contribution >= 0.6 is 11.3 Å². The zero-order valence-electron chi connectivity index (χ0n) is 21.6. The summed E-state index contributed by atoms with van der Waals surface area (Å²) in [7, 11) is -2.19. The van der Waals surface area contributed by atoms with E-state index >= 15 is 0 Å². The number of likely N-dealkylation sites (N-methyl/N-ethyl adjacent to an activating group) is 1. The van der Waals surface area contributed by atoms with Crippen molar-refractivity contribution >= 4 is 38.2 Å². The Bertz CT molecular complexity index is 1860. The van der Waals surface area contributed by atoms with Gasteiger partial charge in [0.05, 0.1) is 22.3 Å². The third kappa shape index (κ3) is 4.15. The highest BCUT2D eigenvalue weighted by atomic mass is 32.2. The number of pyridine rings is 1. The van der Waals surface area contributed by atoms with Crippen LogP contribution in [0.1, 0.15) is 23.2 Å². The lowest BCUT2D eigenvalue weighted by atomic mass is 9.90. The van der Waals surface area contributed by atoms with Crippen LogP contribution in [0.4, 0.5) is 0 Å². The Balaban J connectivity index is 1.44. The van der Waals surface area contributed by atoms with Crippen molar-refractivity contribution in [2.45, 2.75) is 30.8 Å². The summed E-state index contributed by atoms with van der Waals surface area (Å²) in [6.45, 7) is 4.26. The molecule has 1 atom stereocenters. The van der Waals surface area contributed by atoms with Crippen molar-refractivity contribution in [1.82, 2.24) is 18.8 Å². The minimum Gasteiger partial charge on any atom is -0.375 e. The first kappa shape index (κ1) is 25.4. The fraction of sp³-hybridized carbons (Fsp3) is 0.207. The highest BCUT2D eigenvalue weighted by Crippen LogP contribution is 2.38. The largest absolute Gasteiger partial charge is 0.375 e. The highest BCUT2D eigenvalue weighted by molar-refractivity contribution is 7.90. The van der Waals surface area contributed by atoms with Crippen molar-refractivity contribution in [3.63, 3.8) is 0 Å². The molecule has 198 valence electrons. The summed E-state index contributed by atoms with van der Waals surface area (Å²) in [6.07, 6.45) is 3.51. The Labute approximate surface area is 230 Å². The Kier molecular flexibility index (Phi) is 5.94. The Morgan fingerprint density at radius 3 is 2.56 bits per heavy atom. The number of aryl methyl sites for hydroxylation is 2. The maximum absolute atomic E-state index is 13.6. The van der Waals surface area contributed by atoms with Gasteiger partial charge in [0.15, 0.2) is 5.60 Å². The van der Waals surface area contributed by atoms with E-state index in [4.69, 9.17) is 4.98 Å². The van der Waals surface area contributed by atoms with E-state index in [1.54, 1.807) is 55.8 Å². The fourth-order valence-corrected chi connectivity index (χ4v) is 7.19. The van der Waals surface area contributed by atoms with Crippen LogP contribution in [0.3, 0.4) is 0 Å². The summed E-state index contributed by atoms with van der Waals surface area (Å²) < 4.78 is 28.5. The first-order chi connectivity index (χ1) is 18.6. The quantitative estimate of drug-likeness (QED) is 0.334. The predicted octanol–water partition coefficient (Wildman–Crippen LogP) is 4.73. The number of aliphatic hydroxyl groups is 1. The van der Waals surface area contributed by atoms with Crippen LogP contribution in [0.2, 0.25) is 0 Å². The molecule has 0 unspecified atom stereocenters. The number of carbonyl (C=O) groups excluding carboxylic acids is 1. The van der Waals surface area contributed by atoms with E-state index in [1.807, 2.05) is 37.4 Å². The van der Waals surface area contributed by atoms with E-state index < -0.39 is 15.6 Å². The first-order valence-corrected chi connectivity index (χ1v) is 14.7. The van der Waals surface area contributed by atoms with Crippen LogP contribution in [0.15, 0.2) is 77.3 Å². The molecule has 0 bridgehead atoms. The lowest BCUT2D eigenvalue weighted by Crippen LogP contribution is -2.36. The fourth-order valence-electron chi connectivity index (χ4n) is 4.98. The maximum atomic E-state index is 13.6. The van der Waals surface area contributed by atoms with Crippen molar-refractivity contribution in [3.05, 3.63) is 89.2 Å². The first-order valence-electron chi connectivity index (χ1n) is 12.4. The van der Waals surface area contributed by atoms with Gasteiger partial charge in [0, 0.05) is 53.8 Å². The minimum atomic E-state index is -3.87. The van der Waals surface area contributed by atoms with Gasteiger partial charge in [0.1, 0.15) is 5.01 Å². The molecule has 1 aliphatic heterocycles. The molecule has 5 aromatic rings. The number of benzene rings is 2. The number of nitrogens with zero attached hydrogens (tertiary/aromatic N) is 4. The van der Waals surface area contributed by atoms with Gasteiger partial charge in [-0.25, -0.2) is 17.4 Å². The molecule has 0 saturated carbocycles. The van der Waals surface area contributed by atoms with E-state index in [9.17, 15) is 18.3 Å². The maximum Gasteiger partial charge on any atom is 0.268 e. The van der Waals surface area contributed by atoms with Crippen LogP contribution in [0.25, 0.3) is 32.7 Å². The molecule has 10 heteroatoms. The summed E-state index contributed by atoms with van der Waals surface area (Å²) in [4.78, 5) is 23.6. The smallest absolute Gasteiger partial charge is 0.268 e. The van der Waals surface area contributed by atoms with E-state index in [0.29, 0.717) is 40.3 Å². The lowest BCUT2D eigenvalue weighted by Gasteiger charge is -2.21. The van der Waals surface area contributed by atoms with Crippen molar-refractivity contribution in [2.75, 3.05) is 13.6 Å². The van der Waals surface area contributed by atoms with E-state index in [-0.39, 0.29) is 10.8 Å². The van der Waals surface area contributed by atoms with Crippen LogP contribution in [0, 0.1) is 13.8 Å². The van der Waals surface area contributed by atoms with Crippen LogP contribution in [-0.2, 0) is 20.4 Å². The normalized spacial score (nSPS) is 17.8. The van der Waals surface area contributed by atoms with Crippen LogP contribution in [-0.4, -0.2) is 51.9 Å². The van der Waals surface area contributed by atoms with Gasteiger partial charge < -0.3 is 10.0 Å². The van der Waals surface area contributed by atoms with Gasteiger partial charge in [0.25, 0.3) is 15.9 Å². The molecule has 6 rings (SSSR count). The van der Waals surface area contributed by atoms with Gasteiger partial charge in [-0.1, -0.05) is 35.9 Å². The molecule has 1 N–H and O–H groups in total. The average Bonchev–Trinajstić information content (AvgIpc) is 3.63. The van der Waals surface area contributed by atoms with Gasteiger partial charge in [-0.2, -0.15) is 0 Å². The second-order valence-corrected chi connectivity index (χ2v) is 12.6. The molecule has 39 heavy (non-hydrogen) atoms. The number of amides is 1. The third-order valence-electron chi connectivity index (χ3n) is 7.25. The Hall–Kier alpha value is -3.86. The number of aromatic nitrogens is 3. The van der Waals surface area contributed by atoms with E-state index in [1.165, 1.54) is 20.2 Å². The summed E-state index contributed by atoms with van der Waals surface area (Å²) in [6, 6.07) is 15.9. The molecule has 8 nitrogen and oxygen atoms in total. The molecule has 1 aliphatic rings. The number of carbonyl (C=O) groups is 1. The van der Waals surface area contributed by atoms with Crippen molar-refractivity contribution in [2.24, 2.45) is 0 Å². The van der Waals surface area contributed by atoms with Gasteiger partial charge in [-0.15, -0.1) is 11.3 Å². The highest BCUT2D eigenvalue weighted by Gasteiger charge is 2.45. The molecule has 3 aromatic heterocycles. The lowest BCUT2D eigenvalue weighted by molar-refractivity contribution is -0.143. The number of hydrogen-bond acceptors (Lipinski definition) is 7. The van der Waals surface area contributed by atoms with E-state index in [2.05, 4.69) is 4.98 Å². The van der Waals surface area contributed by atoms with Crippen LogP contribution < -0.4 is 0 Å². The van der Waals surface area contributed by atoms with Crippen LogP contribution in [0.5, 0.6) is 0 Å². The number of thiazole rings is 1. The van der Waals surface area contributed by atoms with Crippen molar-refractivity contribution < 1.29 is 18.3 Å². The van der Waals surface area contributed by atoms with Crippen molar-refractivity contribution in [1.29, 1.82) is 0 Å². The molecule has 4 heterocycles. The summed E-state index contributed by atoms with van der Waals surface area (Å²) >= 11 is 1.40. The molecule has 1 saturated heterocycles. The Morgan fingerprint density at radius 2 is 1.85 bits per heavy atom. The molecular weight excluding hydrogens is 532 g/mol. The predicted molar refractivity (Wildman–Crippen MR) is 151 cm³/mol. The third-order valence-corrected chi connectivity index (χ3v) is 9.81. The molecule has 1 amide bonds. The number of likely N-dealkylation sites (tertiary alicyclic amines) is 1. The van der Waals surface area contributed by atoms with Gasteiger partial charge in [-0.05, 0) is 43.7 Å². The number of fused-ring (bicyclic) bond motifs is 1. The molecule has 2 aromatic carbocycles.